The molecule has 0 saturated carbocycles. The van der Waals surface area contributed by atoms with Crippen LogP contribution < -0.4 is 0 Å². The molecule has 2 rings (SSSR count). The largest absolute Gasteiger partial charge is 0.508 e. The lowest BCUT2D eigenvalue weighted by Gasteiger charge is -2.28. The van der Waals surface area contributed by atoms with Crippen molar-refractivity contribution in [2.75, 3.05) is 32.7 Å². The molecular weight excluding hydrogens is 272 g/mol. The zero-order valence-corrected chi connectivity index (χ0v) is 12.2. The van der Waals surface area contributed by atoms with Crippen LogP contribution in [-0.2, 0) is 4.79 Å². The fourth-order valence-corrected chi connectivity index (χ4v) is 2.80. The Bertz CT molecular complexity index is 506. The summed E-state index contributed by atoms with van der Waals surface area (Å²) >= 11 is 0. The Morgan fingerprint density at radius 1 is 1.24 bits per heavy atom. The molecule has 0 aliphatic carbocycles. The van der Waals surface area contributed by atoms with E-state index in [-0.39, 0.29) is 24.1 Å². The molecule has 0 spiro atoms. The monoisotopic (exact) mass is 294 g/mol. The van der Waals surface area contributed by atoms with Gasteiger partial charge in [-0.25, -0.2) is 0 Å². The first kappa shape index (κ1) is 15.6. The van der Waals surface area contributed by atoms with Gasteiger partial charge in [0.2, 0.25) is 0 Å². The molecule has 1 aromatic carbocycles. The van der Waals surface area contributed by atoms with E-state index in [0.717, 1.165) is 26.1 Å². The summed E-state index contributed by atoms with van der Waals surface area (Å²) in [5, 5.41) is 28.4. The Balaban J connectivity index is 2.04. The highest BCUT2D eigenvalue weighted by molar-refractivity contribution is 5.69. The SMILES string of the molecule is CC(c1cc(O)ccc1O)N1CCCN(CC(=O)O)CC1. The molecule has 6 nitrogen and oxygen atoms in total. The van der Waals surface area contributed by atoms with Crippen molar-refractivity contribution >= 4 is 5.97 Å². The Morgan fingerprint density at radius 3 is 2.71 bits per heavy atom. The van der Waals surface area contributed by atoms with Crippen molar-refractivity contribution in [2.45, 2.75) is 19.4 Å². The van der Waals surface area contributed by atoms with E-state index in [9.17, 15) is 15.0 Å². The highest BCUT2D eigenvalue weighted by Crippen LogP contribution is 2.31. The summed E-state index contributed by atoms with van der Waals surface area (Å²) in [6.45, 7) is 5.09. The Morgan fingerprint density at radius 2 is 2.00 bits per heavy atom. The number of phenols is 2. The van der Waals surface area contributed by atoms with Crippen molar-refractivity contribution in [1.82, 2.24) is 9.80 Å². The van der Waals surface area contributed by atoms with Crippen LogP contribution in [-0.4, -0.2) is 63.8 Å². The molecule has 0 radical (unpaired) electrons. The number of nitrogens with zero attached hydrogens (tertiary/aromatic N) is 2. The molecule has 1 aliphatic rings. The lowest BCUT2D eigenvalue weighted by atomic mass is 10.0. The van der Waals surface area contributed by atoms with Crippen LogP contribution in [0.4, 0.5) is 0 Å². The fourth-order valence-electron chi connectivity index (χ4n) is 2.80. The van der Waals surface area contributed by atoms with Crippen molar-refractivity contribution in [2.24, 2.45) is 0 Å². The first-order chi connectivity index (χ1) is 9.97. The van der Waals surface area contributed by atoms with Crippen LogP contribution in [0.15, 0.2) is 18.2 Å². The molecule has 1 saturated heterocycles. The van der Waals surface area contributed by atoms with Gasteiger partial charge in [-0.15, -0.1) is 0 Å². The Kier molecular flexibility index (Phi) is 5.03. The van der Waals surface area contributed by atoms with Gasteiger partial charge in [0.25, 0.3) is 0 Å². The van der Waals surface area contributed by atoms with E-state index in [4.69, 9.17) is 5.11 Å². The predicted octanol–water partition coefficient (Wildman–Crippen LogP) is 1.25. The Hall–Kier alpha value is -1.79. The van der Waals surface area contributed by atoms with Gasteiger partial charge in [0.15, 0.2) is 0 Å². The molecule has 116 valence electrons. The lowest BCUT2D eigenvalue weighted by molar-refractivity contribution is -0.138. The third kappa shape index (κ3) is 4.09. The minimum atomic E-state index is -0.804. The number of aromatic hydroxyl groups is 2. The van der Waals surface area contributed by atoms with Gasteiger partial charge >= 0.3 is 5.97 Å². The summed E-state index contributed by atoms with van der Waals surface area (Å²) in [6.07, 6.45) is 0.886. The van der Waals surface area contributed by atoms with E-state index in [1.54, 1.807) is 6.07 Å². The Labute approximate surface area is 124 Å². The van der Waals surface area contributed by atoms with Crippen molar-refractivity contribution in [1.29, 1.82) is 0 Å². The van der Waals surface area contributed by atoms with Gasteiger partial charge in [-0.05, 0) is 31.5 Å². The first-order valence-electron chi connectivity index (χ1n) is 7.17. The van der Waals surface area contributed by atoms with Crippen LogP contribution in [0.3, 0.4) is 0 Å². The second kappa shape index (κ2) is 6.78. The van der Waals surface area contributed by atoms with Crippen LogP contribution in [0, 0.1) is 0 Å². The summed E-state index contributed by atoms with van der Waals surface area (Å²) in [4.78, 5) is 14.9. The number of carboxylic acid groups (broad SMARTS) is 1. The van der Waals surface area contributed by atoms with Crippen LogP contribution in [0.5, 0.6) is 11.5 Å². The highest BCUT2D eigenvalue weighted by Gasteiger charge is 2.23. The van der Waals surface area contributed by atoms with Crippen molar-refractivity contribution in [3.8, 4) is 11.5 Å². The topological polar surface area (TPSA) is 84.2 Å². The van der Waals surface area contributed by atoms with E-state index in [1.165, 1.54) is 12.1 Å². The van der Waals surface area contributed by atoms with E-state index in [0.29, 0.717) is 12.1 Å². The highest BCUT2D eigenvalue weighted by atomic mass is 16.4. The normalized spacial score (nSPS) is 19.1. The van der Waals surface area contributed by atoms with Gasteiger partial charge in [-0.2, -0.15) is 0 Å². The van der Waals surface area contributed by atoms with E-state index < -0.39 is 5.97 Å². The molecule has 1 atom stereocenters. The van der Waals surface area contributed by atoms with E-state index in [1.807, 2.05) is 11.8 Å². The number of benzene rings is 1. The van der Waals surface area contributed by atoms with Crippen molar-refractivity contribution in [3.05, 3.63) is 23.8 Å². The van der Waals surface area contributed by atoms with Gasteiger partial charge in [0, 0.05) is 37.8 Å². The van der Waals surface area contributed by atoms with E-state index >= 15 is 0 Å². The molecule has 1 aliphatic heterocycles. The molecule has 0 bridgehead atoms. The number of hydrogen-bond donors (Lipinski definition) is 3. The molecule has 6 heteroatoms. The van der Waals surface area contributed by atoms with Gasteiger partial charge < -0.3 is 15.3 Å². The summed E-state index contributed by atoms with van der Waals surface area (Å²) in [7, 11) is 0. The van der Waals surface area contributed by atoms with Crippen molar-refractivity contribution in [3.63, 3.8) is 0 Å². The van der Waals surface area contributed by atoms with Gasteiger partial charge in [-0.1, -0.05) is 0 Å². The fraction of sp³-hybridized carbons (Fsp3) is 0.533. The number of hydrogen-bond acceptors (Lipinski definition) is 5. The van der Waals surface area contributed by atoms with Crippen LogP contribution in [0.1, 0.15) is 24.9 Å². The molecule has 0 amide bonds. The minimum absolute atomic E-state index is 0.0260. The second-order valence-corrected chi connectivity index (χ2v) is 5.48. The second-order valence-electron chi connectivity index (χ2n) is 5.48. The molecule has 0 aromatic heterocycles. The standard InChI is InChI=1S/C15H22N2O4/c1-11(13-9-12(18)3-4-14(13)19)17-6-2-5-16(7-8-17)10-15(20)21/h3-4,9,11,18-19H,2,5-8,10H2,1H3,(H,20,21). The van der Waals surface area contributed by atoms with Crippen LogP contribution in [0.2, 0.25) is 0 Å². The summed E-state index contributed by atoms with van der Waals surface area (Å²) < 4.78 is 0. The average Bonchev–Trinajstić information content (AvgIpc) is 2.66. The number of phenolic OH excluding ortho intramolecular Hbond substituents is 2. The summed E-state index contributed by atoms with van der Waals surface area (Å²) in [6, 6.07) is 4.51. The maximum atomic E-state index is 10.8. The zero-order valence-electron chi connectivity index (χ0n) is 12.2. The minimum Gasteiger partial charge on any atom is -0.508 e. The molecule has 1 unspecified atom stereocenters. The van der Waals surface area contributed by atoms with Crippen LogP contribution >= 0.6 is 0 Å². The van der Waals surface area contributed by atoms with Crippen molar-refractivity contribution < 1.29 is 20.1 Å². The number of carbonyl (C=O) groups is 1. The third-order valence-electron chi connectivity index (χ3n) is 3.99. The van der Waals surface area contributed by atoms with Gasteiger partial charge in [0.05, 0.1) is 6.54 Å². The predicted molar refractivity (Wildman–Crippen MR) is 78.5 cm³/mol. The maximum absolute atomic E-state index is 10.8. The van der Waals surface area contributed by atoms with E-state index in [2.05, 4.69) is 4.90 Å². The first-order valence-corrected chi connectivity index (χ1v) is 7.17. The number of rotatable bonds is 4. The quantitative estimate of drug-likeness (QED) is 0.725. The molecule has 1 heterocycles. The molecule has 1 aromatic rings. The zero-order chi connectivity index (χ0) is 15.4. The summed E-state index contributed by atoms with van der Waals surface area (Å²) in [5.41, 5.74) is 0.696. The average molecular weight is 294 g/mol. The van der Waals surface area contributed by atoms with Gasteiger partial charge in [0.1, 0.15) is 11.5 Å². The van der Waals surface area contributed by atoms with Crippen LogP contribution in [0.25, 0.3) is 0 Å². The van der Waals surface area contributed by atoms with Gasteiger partial charge in [-0.3, -0.25) is 14.6 Å². The third-order valence-corrected chi connectivity index (χ3v) is 3.99. The lowest BCUT2D eigenvalue weighted by Crippen LogP contribution is -2.35. The molecule has 1 fully saturated rings. The molecular formula is C15H22N2O4. The molecule has 21 heavy (non-hydrogen) atoms. The molecule has 3 N–H and O–H groups in total. The maximum Gasteiger partial charge on any atom is 0.317 e. The number of carboxylic acids is 1. The smallest absolute Gasteiger partial charge is 0.317 e. The number of aliphatic carboxylic acids is 1. The summed E-state index contributed by atoms with van der Waals surface area (Å²) in [5.74, 6) is -0.494.